The average Bonchev–Trinajstić information content (AvgIpc) is 2.90. The van der Waals surface area contributed by atoms with Crippen molar-refractivity contribution < 1.29 is 9.32 Å². The zero-order valence-electron chi connectivity index (χ0n) is 10.4. The first-order valence-corrected chi connectivity index (χ1v) is 6.19. The molecular formula is C12H19N3O2. The molecule has 0 aliphatic carbocycles. The van der Waals surface area contributed by atoms with Crippen LogP contribution in [0, 0.1) is 6.92 Å². The first kappa shape index (κ1) is 12.1. The van der Waals surface area contributed by atoms with Crippen molar-refractivity contribution in [3.05, 3.63) is 11.5 Å². The maximum Gasteiger partial charge on any atom is 0.226 e. The van der Waals surface area contributed by atoms with Crippen molar-refractivity contribution in [2.75, 3.05) is 11.9 Å². The molecule has 1 saturated heterocycles. The molecule has 0 aromatic carbocycles. The standard InChI is InChI=1S/C12H19N3O2/c1-3-10-12(8(2)17-15-10)14-11(16)7-9-5-4-6-13-9/h9,13H,3-7H2,1-2H3,(H,14,16)/t9-/m1/s1. The summed E-state index contributed by atoms with van der Waals surface area (Å²) in [4.78, 5) is 11.9. The lowest BCUT2D eigenvalue weighted by molar-refractivity contribution is -0.116. The quantitative estimate of drug-likeness (QED) is 0.835. The van der Waals surface area contributed by atoms with Gasteiger partial charge in [0, 0.05) is 12.5 Å². The minimum Gasteiger partial charge on any atom is -0.359 e. The molecule has 0 bridgehead atoms. The maximum atomic E-state index is 11.9. The predicted molar refractivity (Wildman–Crippen MR) is 64.9 cm³/mol. The largest absolute Gasteiger partial charge is 0.359 e. The molecule has 1 aromatic heterocycles. The van der Waals surface area contributed by atoms with E-state index in [1.807, 2.05) is 13.8 Å². The summed E-state index contributed by atoms with van der Waals surface area (Å²) in [5.41, 5.74) is 1.56. The van der Waals surface area contributed by atoms with Crippen LogP contribution in [0.1, 0.15) is 37.6 Å². The molecule has 1 aliphatic heterocycles. The molecule has 2 rings (SSSR count). The van der Waals surface area contributed by atoms with Gasteiger partial charge in [-0.3, -0.25) is 4.79 Å². The van der Waals surface area contributed by atoms with E-state index in [-0.39, 0.29) is 5.91 Å². The number of rotatable bonds is 4. The summed E-state index contributed by atoms with van der Waals surface area (Å²) in [6.07, 6.45) is 3.52. The van der Waals surface area contributed by atoms with E-state index in [9.17, 15) is 4.79 Å². The van der Waals surface area contributed by atoms with Gasteiger partial charge < -0.3 is 15.2 Å². The fraction of sp³-hybridized carbons (Fsp3) is 0.667. The summed E-state index contributed by atoms with van der Waals surface area (Å²) in [7, 11) is 0. The lowest BCUT2D eigenvalue weighted by Crippen LogP contribution is -2.27. The summed E-state index contributed by atoms with van der Waals surface area (Å²) in [6.45, 7) is 4.82. The lowest BCUT2D eigenvalue weighted by atomic mass is 10.1. The third kappa shape index (κ3) is 2.85. The van der Waals surface area contributed by atoms with Gasteiger partial charge in [0.15, 0.2) is 5.76 Å². The molecule has 0 saturated carbocycles. The Morgan fingerprint density at radius 3 is 3.12 bits per heavy atom. The molecule has 1 amide bonds. The van der Waals surface area contributed by atoms with Crippen LogP contribution in [0.3, 0.4) is 0 Å². The van der Waals surface area contributed by atoms with Crippen molar-refractivity contribution in [1.82, 2.24) is 10.5 Å². The Morgan fingerprint density at radius 2 is 2.47 bits per heavy atom. The highest BCUT2D eigenvalue weighted by atomic mass is 16.5. The van der Waals surface area contributed by atoms with E-state index in [1.165, 1.54) is 0 Å². The highest BCUT2D eigenvalue weighted by Gasteiger charge is 2.20. The molecule has 5 nitrogen and oxygen atoms in total. The zero-order chi connectivity index (χ0) is 12.3. The Bertz CT molecular complexity index is 394. The van der Waals surface area contributed by atoms with E-state index in [2.05, 4.69) is 15.8 Å². The van der Waals surface area contributed by atoms with E-state index in [0.29, 0.717) is 18.2 Å². The molecule has 94 valence electrons. The average molecular weight is 237 g/mol. The van der Waals surface area contributed by atoms with Crippen molar-refractivity contribution in [1.29, 1.82) is 0 Å². The van der Waals surface area contributed by atoms with Gasteiger partial charge in [0.25, 0.3) is 0 Å². The topological polar surface area (TPSA) is 67.2 Å². The van der Waals surface area contributed by atoms with Crippen LogP contribution >= 0.6 is 0 Å². The van der Waals surface area contributed by atoms with Crippen LogP contribution in [0.25, 0.3) is 0 Å². The summed E-state index contributed by atoms with van der Waals surface area (Å²) < 4.78 is 5.08. The third-order valence-corrected chi connectivity index (χ3v) is 3.13. The fourth-order valence-electron chi connectivity index (χ4n) is 2.16. The number of nitrogens with zero attached hydrogens (tertiary/aromatic N) is 1. The predicted octanol–water partition coefficient (Wildman–Crippen LogP) is 1.63. The van der Waals surface area contributed by atoms with Gasteiger partial charge in [0.1, 0.15) is 11.4 Å². The van der Waals surface area contributed by atoms with Crippen LogP contribution in [0.5, 0.6) is 0 Å². The molecule has 0 radical (unpaired) electrons. The van der Waals surface area contributed by atoms with Crippen LogP contribution in [0.4, 0.5) is 5.69 Å². The Morgan fingerprint density at radius 1 is 1.65 bits per heavy atom. The number of aromatic nitrogens is 1. The van der Waals surface area contributed by atoms with Gasteiger partial charge in [0.05, 0.1) is 0 Å². The van der Waals surface area contributed by atoms with E-state index in [0.717, 1.165) is 37.2 Å². The molecule has 1 aliphatic rings. The molecule has 1 fully saturated rings. The second-order valence-corrected chi connectivity index (χ2v) is 4.46. The fourth-order valence-corrected chi connectivity index (χ4v) is 2.16. The SMILES string of the molecule is CCc1noc(C)c1NC(=O)C[C@H]1CCCN1. The summed E-state index contributed by atoms with van der Waals surface area (Å²) in [6, 6.07) is 0.320. The molecule has 0 spiro atoms. The van der Waals surface area contributed by atoms with Gasteiger partial charge in [-0.2, -0.15) is 0 Å². The molecule has 17 heavy (non-hydrogen) atoms. The van der Waals surface area contributed by atoms with Crippen LogP contribution in [0.2, 0.25) is 0 Å². The highest BCUT2D eigenvalue weighted by molar-refractivity contribution is 5.92. The molecule has 2 heterocycles. The number of hydrogen-bond acceptors (Lipinski definition) is 4. The number of carbonyl (C=O) groups is 1. The number of anilines is 1. The summed E-state index contributed by atoms with van der Waals surface area (Å²) in [5, 5.41) is 10.1. The molecule has 1 atom stereocenters. The van der Waals surface area contributed by atoms with Gasteiger partial charge >= 0.3 is 0 Å². The van der Waals surface area contributed by atoms with Crippen molar-refractivity contribution in [3.63, 3.8) is 0 Å². The lowest BCUT2D eigenvalue weighted by Gasteiger charge is -2.10. The number of nitrogens with one attached hydrogen (secondary N) is 2. The molecule has 5 heteroatoms. The minimum absolute atomic E-state index is 0.0328. The number of aryl methyl sites for hydroxylation is 2. The minimum atomic E-state index is 0.0328. The molecular weight excluding hydrogens is 218 g/mol. The summed E-state index contributed by atoms with van der Waals surface area (Å²) in [5.74, 6) is 0.708. The second kappa shape index (κ2) is 5.31. The Balaban J connectivity index is 1.94. The zero-order valence-corrected chi connectivity index (χ0v) is 10.4. The molecule has 1 aromatic rings. The van der Waals surface area contributed by atoms with Crippen LogP contribution in [0.15, 0.2) is 4.52 Å². The van der Waals surface area contributed by atoms with Gasteiger partial charge in [-0.05, 0) is 32.7 Å². The van der Waals surface area contributed by atoms with E-state index in [1.54, 1.807) is 0 Å². The van der Waals surface area contributed by atoms with E-state index in [4.69, 9.17) is 4.52 Å². The Hall–Kier alpha value is -1.36. The van der Waals surface area contributed by atoms with Gasteiger partial charge in [-0.25, -0.2) is 0 Å². The van der Waals surface area contributed by atoms with Crippen molar-refractivity contribution in [3.8, 4) is 0 Å². The first-order valence-electron chi connectivity index (χ1n) is 6.19. The normalized spacial score (nSPS) is 19.5. The Kier molecular flexibility index (Phi) is 3.78. The maximum absolute atomic E-state index is 11.9. The van der Waals surface area contributed by atoms with Crippen molar-refractivity contribution in [2.45, 2.75) is 45.6 Å². The van der Waals surface area contributed by atoms with E-state index < -0.39 is 0 Å². The van der Waals surface area contributed by atoms with Crippen LogP contribution in [-0.2, 0) is 11.2 Å². The van der Waals surface area contributed by atoms with Crippen molar-refractivity contribution in [2.24, 2.45) is 0 Å². The van der Waals surface area contributed by atoms with Crippen molar-refractivity contribution >= 4 is 11.6 Å². The highest BCUT2D eigenvalue weighted by Crippen LogP contribution is 2.21. The van der Waals surface area contributed by atoms with Crippen LogP contribution in [-0.4, -0.2) is 23.7 Å². The number of carbonyl (C=O) groups excluding carboxylic acids is 1. The smallest absolute Gasteiger partial charge is 0.226 e. The summed E-state index contributed by atoms with van der Waals surface area (Å²) >= 11 is 0. The number of hydrogen-bond donors (Lipinski definition) is 2. The second-order valence-electron chi connectivity index (χ2n) is 4.46. The van der Waals surface area contributed by atoms with Crippen LogP contribution < -0.4 is 10.6 Å². The van der Waals surface area contributed by atoms with E-state index >= 15 is 0 Å². The van der Waals surface area contributed by atoms with Gasteiger partial charge in [-0.1, -0.05) is 12.1 Å². The number of amides is 1. The first-order chi connectivity index (χ1) is 8.20. The monoisotopic (exact) mass is 237 g/mol. The Labute approximate surface area is 101 Å². The van der Waals surface area contributed by atoms with Gasteiger partial charge in [0.2, 0.25) is 5.91 Å². The molecule has 2 N–H and O–H groups in total. The van der Waals surface area contributed by atoms with Gasteiger partial charge in [-0.15, -0.1) is 0 Å². The third-order valence-electron chi connectivity index (χ3n) is 3.13. The molecule has 0 unspecified atom stereocenters.